The zero-order valence-electron chi connectivity index (χ0n) is 65.3. The SMILES string of the molecule is CCCCCCCCCCCCCCCCCC(=O)OC[C@H](COP(=O)(O)OC[C@@H](O)COP(=O)(O)OC[C@@H](COC(=O)CCCCCCCCCCCCC)OC(=O)CCCCCCCCCCCCCC)OC(=O)CCCCCCCCCCCCCCCCCCCCC(C)CC. The first-order chi connectivity index (χ1) is 48.6. The van der Waals surface area contributed by atoms with Crippen LogP contribution in [0.5, 0.6) is 0 Å². The lowest BCUT2D eigenvalue weighted by molar-refractivity contribution is -0.161. The number of hydrogen-bond acceptors (Lipinski definition) is 15. The van der Waals surface area contributed by atoms with Gasteiger partial charge in [-0.2, -0.15) is 0 Å². The van der Waals surface area contributed by atoms with Gasteiger partial charge in [-0.15, -0.1) is 0 Å². The molecule has 19 heteroatoms. The molecule has 17 nitrogen and oxygen atoms in total. The maximum atomic E-state index is 13.1. The number of carbonyl (C=O) groups is 4. The van der Waals surface area contributed by atoms with Crippen molar-refractivity contribution in [2.45, 2.75) is 451 Å². The molecule has 0 saturated carbocycles. The van der Waals surface area contributed by atoms with Gasteiger partial charge in [0.25, 0.3) is 0 Å². The van der Waals surface area contributed by atoms with Crippen molar-refractivity contribution >= 4 is 39.5 Å². The van der Waals surface area contributed by atoms with E-state index < -0.39 is 97.5 Å². The maximum absolute atomic E-state index is 13.1. The molecule has 0 radical (unpaired) electrons. The number of phosphoric ester groups is 2. The van der Waals surface area contributed by atoms with Crippen molar-refractivity contribution in [3.8, 4) is 0 Å². The van der Waals surface area contributed by atoms with Gasteiger partial charge >= 0.3 is 39.5 Å². The Morgan fingerprint density at radius 1 is 0.280 bits per heavy atom. The van der Waals surface area contributed by atoms with E-state index in [1.54, 1.807) is 0 Å². The van der Waals surface area contributed by atoms with Crippen LogP contribution in [0.4, 0.5) is 0 Å². The summed E-state index contributed by atoms with van der Waals surface area (Å²) in [7, 11) is -9.92. The van der Waals surface area contributed by atoms with E-state index in [4.69, 9.17) is 37.0 Å². The molecule has 0 bridgehead atoms. The predicted octanol–water partition coefficient (Wildman–Crippen LogP) is 24.4. The van der Waals surface area contributed by atoms with Gasteiger partial charge in [-0.3, -0.25) is 37.3 Å². The van der Waals surface area contributed by atoms with Crippen molar-refractivity contribution in [2.75, 3.05) is 39.6 Å². The standard InChI is InChI=1S/C81H158O17P2/c1-6-10-13-16-19-22-25-27-32-36-41-45-50-55-60-65-79(84)92-71-77(98-81(86)67-62-57-52-47-42-37-34-31-29-28-30-33-35-39-43-48-53-58-63-74(5)9-4)73-96-100(89,90)94-69-75(82)68-93-99(87,88)95-72-76(70-91-78(83)64-59-54-49-44-38-24-21-18-15-12-8-3)97-80(85)66-61-56-51-46-40-26-23-20-17-14-11-7-2/h74-77,82H,6-73H2,1-5H3,(H,87,88)(H,89,90)/t74?,75-,76+,77+/m0/s1. The maximum Gasteiger partial charge on any atom is 0.472 e. The highest BCUT2D eigenvalue weighted by Gasteiger charge is 2.30. The lowest BCUT2D eigenvalue weighted by atomic mass is 9.99. The van der Waals surface area contributed by atoms with Crippen LogP contribution in [0.1, 0.15) is 433 Å². The molecule has 0 aromatic carbocycles. The molecule has 0 heterocycles. The number of unbranched alkanes of at least 4 members (excludes halogenated alkanes) is 52. The van der Waals surface area contributed by atoms with Crippen molar-refractivity contribution in [1.82, 2.24) is 0 Å². The average Bonchev–Trinajstić information content (AvgIpc) is 1.30. The first kappa shape index (κ1) is 98.1. The molecule has 6 atom stereocenters. The second kappa shape index (κ2) is 73.9. The lowest BCUT2D eigenvalue weighted by Crippen LogP contribution is -2.30. The van der Waals surface area contributed by atoms with Crippen molar-refractivity contribution < 1.29 is 80.2 Å². The molecule has 0 aliphatic rings. The molecule has 0 rings (SSSR count). The molecule has 0 aliphatic heterocycles. The summed E-state index contributed by atoms with van der Waals surface area (Å²) in [5, 5.41) is 10.6. The van der Waals surface area contributed by atoms with Crippen LogP contribution in [0.3, 0.4) is 0 Å². The van der Waals surface area contributed by atoms with Crippen LogP contribution in [0.25, 0.3) is 0 Å². The Morgan fingerprint density at radius 2 is 0.480 bits per heavy atom. The Labute approximate surface area is 613 Å². The smallest absolute Gasteiger partial charge is 0.462 e. The summed E-state index contributed by atoms with van der Waals surface area (Å²) in [6, 6.07) is 0. The Bertz CT molecular complexity index is 1910. The zero-order valence-corrected chi connectivity index (χ0v) is 67.1. The largest absolute Gasteiger partial charge is 0.472 e. The minimum Gasteiger partial charge on any atom is -0.462 e. The summed E-state index contributed by atoms with van der Waals surface area (Å²) >= 11 is 0. The predicted molar refractivity (Wildman–Crippen MR) is 409 cm³/mol. The van der Waals surface area contributed by atoms with Gasteiger partial charge in [0, 0.05) is 25.7 Å². The van der Waals surface area contributed by atoms with Crippen molar-refractivity contribution in [3.63, 3.8) is 0 Å². The lowest BCUT2D eigenvalue weighted by Gasteiger charge is -2.21. The fourth-order valence-electron chi connectivity index (χ4n) is 12.6. The summed E-state index contributed by atoms with van der Waals surface area (Å²) in [5.74, 6) is -1.23. The van der Waals surface area contributed by atoms with Crippen LogP contribution in [-0.4, -0.2) is 96.7 Å². The molecule has 0 amide bonds. The molecule has 0 aromatic rings. The Balaban J connectivity index is 5.21. The van der Waals surface area contributed by atoms with E-state index >= 15 is 0 Å². The van der Waals surface area contributed by atoms with Crippen LogP contribution in [0.2, 0.25) is 0 Å². The van der Waals surface area contributed by atoms with E-state index in [2.05, 4.69) is 34.6 Å². The summed E-state index contributed by atoms with van der Waals surface area (Å²) in [6.07, 6.45) is 65.1. The first-order valence-corrected chi connectivity index (χ1v) is 45.2. The molecular formula is C81H158O17P2. The number of phosphoric acid groups is 2. The third-order valence-electron chi connectivity index (χ3n) is 19.4. The fourth-order valence-corrected chi connectivity index (χ4v) is 14.1. The summed E-state index contributed by atoms with van der Waals surface area (Å²) < 4.78 is 68.7. The molecule has 100 heavy (non-hydrogen) atoms. The number of esters is 4. The molecule has 0 aromatic heterocycles. The van der Waals surface area contributed by atoms with Gasteiger partial charge in [-0.25, -0.2) is 9.13 Å². The third-order valence-corrected chi connectivity index (χ3v) is 21.3. The first-order valence-electron chi connectivity index (χ1n) is 42.2. The highest BCUT2D eigenvalue weighted by Crippen LogP contribution is 2.45. The number of hydrogen-bond donors (Lipinski definition) is 3. The molecule has 0 fully saturated rings. The molecule has 0 spiro atoms. The molecule has 0 saturated heterocycles. The number of carbonyl (C=O) groups excluding carboxylic acids is 4. The highest BCUT2D eigenvalue weighted by molar-refractivity contribution is 7.47. The van der Waals surface area contributed by atoms with Gasteiger partial charge in [-0.1, -0.05) is 381 Å². The van der Waals surface area contributed by atoms with Crippen molar-refractivity contribution in [3.05, 3.63) is 0 Å². The van der Waals surface area contributed by atoms with Gasteiger partial charge in [0.1, 0.15) is 19.3 Å². The minimum absolute atomic E-state index is 0.108. The molecule has 0 aliphatic carbocycles. The van der Waals surface area contributed by atoms with E-state index in [0.717, 1.165) is 95.8 Å². The van der Waals surface area contributed by atoms with E-state index in [-0.39, 0.29) is 25.7 Å². The molecule has 3 N–H and O–H groups in total. The Morgan fingerprint density at radius 3 is 0.710 bits per heavy atom. The van der Waals surface area contributed by atoms with Gasteiger partial charge in [0.2, 0.25) is 0 Å². The zero-order chi connectivity index (χ0) is 73.4. The van der Waals surface area contributed by atoms with Gasteiger partial charge < -0.3 is 33.8 Å². The van der Waals surface area contributed by atoms with E-state index in [1.165, 1.54) is 257 Å². The molecule has 594 valence electrons. The second-order valence-electron chi connectivity index (χ2n) is 29.4. The van der Waals surface area contributed by atoms with Gasteiger partial charge in [0.15, 0.2) is 12.2 Å². The van der Waals surface area contributed by atoms with E-state index in [0.29, 0.717) is 25.7 Å². The van der Waals surface area contributed by atoms with Crippen LogP contribution >= 0.6 is 15.6 Å². The second-order valence-corrected chi connectivity index (χ2v) is 32.3. The van der Waals surface area contributed by atoms with Crippen molar-refractivity contribution in [1.29, 1.82) is 0 Å². The summed E-state index contributed by atoms with van der Waals surface area (Å²) in [5.41, 5.74) is 0. The van der Waals surface area contributed by atoms with Gasteiger partial charge in [-0.05, 0) is 31.6 Å². The Kier molecular flexibility index (Phi) is 72.5. The molecule has 3 unspecified atom stereocenters. The van der Waals surface area contributed by atoms with E-state index in [1.807, 2.05) is 0 Å². The quantitative estimate of drug-likeness (QED) is 0.0222. The van der Waals surface area contributed by atoms with Crippen molar-refractivity contribution in [2.24, 2.45) is 5.92 Å². The van der Waals surface area contributed by atoms with Crippen LogP contribution in [-0.2, 0) is 65.4 Å². The van der Waals surface area contributed by atoms with Gasteiger partial charge in [0.05, 0.1) is 26.4 Å². The molecular weight excluding hydrogens is 1310 g/mol. The average molecular weight is 1470 g/mol. The normalized spacial score (nSPS) is 14.1. The number of aliphatic hydroxyl groups is 1. The summed E-state index contributed by atoms with van der Waals surface area (Å²) in [6.45, 7) is 7.40. The van der Waals surface area contributed by atoms with E-state index in [9.17, 15) is 43.2 Å². The van der Waals surface area contributed by atoms with Crippen LogP contribution in [0.15, 0.2) is 0 Å². The van der Waals surface area contributed by atoms with Crippen LogP contribution < -0.4 is 0 Å². The summed E-state index contributed by atoms with van der Waals surface area (Å²) in [4.78, 5) is 73.0. The number of ether oxygens (including phenoxy) is 4. The van der Waals surface area contributed by atoms with Crippen LogP contribution in [0, 0.1) is 5.92 Å². The number of rotatable bonds is 81. The topological polar surface area (TPSA) is 237 Å². The fraction of sp³-hybridized carbons (Fsp3) is 0.951. The highest BCUT2D eigenvalue weighted by atomic mass is 31.2. The Hall–Kier alpha value is -1.94. The minimum atomic E-state index is -4.96. The third kappa shape index (κ3) is 73.0. The number of aliphatic hydroxyl groups excluding tert-OH is 1. The monoisotopic (exact) mass is 1470 g/mol.